The second-order valence-electron chi connectivity index (χ2n) is 7.50. The molecule has 0 radical (unpaired) electrons. The number of halogens is 1. The molecule has 3 aromatic carbocycles. The maximum Gasteiger partial charge on any atom is 0.223 e. The number of likely N-dealkylation sites (tertiary alicyclic amines) is 1. The molecule has 0 atom stereocenters. The Hall–Kier alpha value is -2.72. The molecule has 1 N–H and O–H groups in total. The largest absolute Gasteiger partial charge is 0.352 e. The quantitative estimate of drug-likeness (QED) is 0.711. The van der Waals surface area contributed by atoms with E-state index < -0.39 is 0 Å². The van der Waals surface area contributed by atoms with Crippen LogP contribution in [0, 0.1) is 11.7 Å². The summed E-state index contributed by atoms with van der Waals surface area (Å²) < 4.78 is 13.8. The van der Waals surface area contributed by atoms with Crippen molar-refractivity contribution in [2.24, 2.45) is 5.92 Å². The molecule has 1 amide bonds. The number of piperidine rings is 1. The van der Waals surface area contributed by atoms with E-state index in [4.69, 9.17) is 0 Å². The van der Waals surface area contributed by atoms with Crippen LogP contribution >= 0.6 is 0 Å². The van der Waals surface area contributed by atoms with Gasteiger partial charge in [-0.15, -0.1) is 0 Å². The number of carbonyl (C=O) groups is 1. The van der Waals surface area contributed by atoms with Gasteiger partial charge < -0.3 is 5.32 Å². The van der Waals surface area contributed by atoms with Crippen LogP contribution in [0.1, 0.15) is 24.0 Å². The summed E-state index contributed by atoms with van der Waals surface area (Å²) in [7, 11) is 0. The fraction of sp³-hybridized carbons (Fsp3) is 0.292. The lowest BCUT2D eigenvalue weighted by atomic mass is 9.95. The number of hydrogen-bond donors (Lipinski definition) is 1. The van der Waals surface area contributed by atoms with Crippen molar-refractivity contribution in [3.05, 3.63) is 83.7 Å². The highest BCUT2D eigenvalue weighted by molar-refractivity contribution is 5.86. The van der Waals surface area contributed by atoms with E-state index >= 15 is 0 Å². The predicted molar refractivity (Wildman–Crippen MR) is 110 cm³/mol. The maximum atomic E-state index is 13.8. The zero-order chi connectivity index (χ0) is 19.3. The smallest absolute Gasteiger partial charge is 0.223 e. The third-order valence-electron chi connectivity index (χ3n) is 5.64. The van der Waals surface area contributed by atoms with Gasteiger partial charge in [-0.3, -0.25) is 9.69 Å². The number of nitrogens with one attached hydrogen (secondary N) is 1. The lowest BCUT2D eigenvalue weighted by molar-refractivity contribution is -0.126. The van der Waals surface area contributed by atoms with Crippen LogP contribution in [0.3, 0.4) is 0 Å². The molecule has 3 nitrogen and oxygen atoms in total. The average Bonchev–Trinajstić information content (AvgIpc) is 2.74. The first-order chi connectivity index (χ1) is 13.7. The summed E-state index contributed by atoms with van der Waals surface area (Å²) in [5.74, 6) is 0.00257. The summed E-state index contributed by atoms with van der Waals surface area (Å²) in [6.45, 7) is 2.80. The van der Waals surface area contributed by atoms with Gasteiger partial charge >= 0.3 is 0 Å². The zero-order valence-electron chi connectivity index (χ0n) is 15.9. The Morgan fingerprint density at radius 3 is 2.43 bits per heavy atom. The van der Waals surface area contributed by atoms with Crippen LogP contribution in [0.15, 0.2) is 66.7 Å². The molecule has 1 saturated heterocycles. The number of fused-ring (bicyclic) bond motifs is 1. The first-order valence-corrected chi connectivity index (χ1v) is 9.91. The highest BCUT2D eigenvalue weighted by Crippen LogP contribution is 2.21. The van der Waals surface area contributed by atoms with E-state index in [0.29, 0.717) is 13.1 Å². The molecular weight excluding hydrogens is 351 g/mol. The molecule has 4 rings (SSSR count). The highest BCUT2D eigenvalue weighted by atomic mass is 19.1. The van der Waals surface area contributed by atoms with Gasteiger partial charge in [-0.1, -0.05) is 60.7 Å². The summed E-state index contributed by atoms with van der Waals surface area (Å²) in [4.78, 5) is 14.9. The summed E-state index contributed by atoms with van der Waals surface area (Å²) in [6.07, 6.45) is 1.63. The van der Waals surface area contributed by atoms with Crippen molar-refractivity contribution in [2.75, 3.05) is 13.1 Å². The van der Waals surface area contributed by atoms with Gasteiger partial charge in [0.15, 0.2) is 0 Å². The molecule has 1 aliphatic rings. The van der Waals surface area contributed by atoms with Crippen LogP contribution in [0.5, 0.6) is 0 Å². The van der Waals surface area contributed by atoms with Crippen molar-refractivity contribution in [1.82, 2.24) is 10.2 Å². The normalized spacial score (nSPS) is 15.6. The molecular formula is C24H25FN2O. The molecule has 28 heavy (non-hydrogen) atoms. The lowest BCUT2D eigenvalue weighted by Gasteiger charge is -2.31. The molecule has 1 aliphatic heterocycles. The monoisotopic (exact) mass is 376 g/mol. The van der Waals surface area contributed by atoms with Crippen LogP contribution < -0.4 is 5.32 Å². The fourth-order valence-electron chi connectivity index (χ4n) is 3.99. The molecule has 0 aliphatic carbocycles. The van der Waals surface area contributed by atoms with Crippen molar-refractivity contribution in [3.8, 4) is 0 Å². The Labute approximate surface area is 165 Å². The Kier molecular flexibility index (Phi) is 5.68. The average molecular weight is 376 g/mol. The van der Waals surface area contributed by atoms with Crippen molar-refractivity contribution in [2.45, 2.75) is 25.9 Å². The summed E-state index contributed by atoms with van der Waals surface area (Å²) in [6, 6.07) is 21.3. The summed E-state index contributed by atoms with van der Waals surface area (Å²) in [5, 5.41) is 5.49. The first kappa shape index (κ1) is 18.6. The Morgan fingerprint density at radius 2 is 1.61 bits per heavy atom. The number of nitrogens with zero attached hydrogens (tertiary/aromatic N) is 1. The van der Waals surface area contributed by atoms with Crippen LogP contribution in [0.4, 0.5) is 4.39 Å². The third kappa shape index (κ3) is 4.23. The van der Waals surface area contributed by atoms with E-state index in [1.807, 2.05) is 30.3 Å². The Morgan fingerprint density at radius 1 is 0.929 bits per heavy atom. The van der Waals surface area contributed by atoms with Crippen LogP contribution in [-0.2, 0) is 17.9 Å². The van der Waals surface area contributed by atoms with Gasteiger partial charge in [0.2, 0.25) is 5.91 Å². The molecule has 4 heteroatoms. The first-order valence-electron chi connectivity index (χ1n) is 9.91. The van der Waals surface area contributed by atoms with E-state index in [1.165, 1.54) is 16.8 Å². The van der Waals surface area contributed by atoms with E-state index in [0.717, 1.165) is 37.1 Å². The molecule has 0 saturated carbocycles. The Balaban J connectivity index is 1.30. The number of carbonyl (C=O) groups excluding carboxylic acids is 1. The number of amides is 1. The minimum absolute atomic E-state index is 0.0341. The van der Waals surface area contributed by atoms with Crippen LogP contribution in [-0.4, -0.2) is 23.9 Å². The number of benzene rings is 3. The predicted octanol–water partition coefficient (Wildman–Crippen LogP) is 4.51. The van der Waals surface area contributed by atoms with Crippen molar-refractivity contribution in [3.63, 3.8) is 0 Å². The van der Waals surface area contributed by atoms with Gasteiger partial charge in [-0.2, -0.15) is 0 Å². The zero-order valence-corrected chi connectivity index (χ0v) is 15.9. The molecule has 0 unspecified atom stereocenters. The van der Waals surface area contributed by atoms with Crippen LogP contribution in [0.25, 0.3) is 10.8 Å². The van der Waals surface area contributed by atoms with Crippen LogP contribution in [0.2, 0.25) is 0 Å². The van der Waals surface area contributed by atoms with Gasteiger partial charge in [-0.25, -0.2) is 4.39 Å². The SMILES string of the molecule is O=C(NCc1cccc2ccccc12)C1CCN(Cc2ccccc2F)CC1. The van der Waals surface area contributed by atoms with Gasteiger partial charge in [-0.05, 0) is 48.3 Å². The molecule has 0 aromatic heterocycles. The second-order valence-corrected chi connectivity index (χ2v) is 7.50. The maximum absolute atomic E-state index is 13.8. The second kappa shape index (κ2) is 8.53. The number of rotatable bonds is 5. The van der Waals surface area contributed by atoms with Gasteiger partial charge in [0.25, 0.3) is 0 Å². The third-order valence-corrected chi connectivity index (χ3v) is 5.64. The van der Waals surface area contributed by atoms with Gasteiger partial charge in [0.05, 0.1) is 0 Å². The standard InChI is InChI=1S/C24H25FN2O/c25-23-11-4-2-7-21(23)17-27-14-12-19(13-15-27)24(28)26-16-20-9-5-8-18-6-1-3-10-22(18)20/h1-11,19H,12-17H2,(H,26,28). The lowest BCUT2D eigenvalue weighted by Crippen LogP contribution is -2.40. The highest BCUT2D eigenvalue weighted by Gasteiger charge is 2.25. The van der Waals surface area contributed by atoms with Gasteiger partial charge in [0, 0.05) is 24.6 Å². The number of hydrogen-bond acceptors (Lipinski definition) is 2. The van der Waals surface area contributed by atoms with E-state index in [2.05, 4.69) is 34.5 Å². The summed E-state index contributed by atoms with van der Waals surface area (Å²) >= 11 is 0. The van der Waals surface area contributed by atoms with E-state index in [9.17, 15) is 9.18 Å². The molecule has 0 bridgehead atoms. The molecule has 144 valence electrons. The molecule has 3 aromatic rings. The Bertz CT molecular complexity index is 958. The molecule has 1 fully saturated rings. The minimum Gasteiger partial charge on any atom is -0.352 e. The molecule has 1 heterocycles. The fourth-order valence-corrected chi connectivity index (χ4v) is 3.99. The van der Waals surface area contributed by atoms with Crippen molar-refractivity contribution in [1.29, 1.82) is 0 Å². The topological polar surface area (TPSA) is 32.3 Å². The summed E-state index contributed by atoms with van der Waals surface area (Å²) in [5.41, 5.74) is 1.87. The van der Waals surface area contributed by atoms with E-state index in [-0.39, 0.29) is 17.6 Å². The van der Waals surface area contributed by atoms with E-state index in [1.54, 1.807) is 6.07 Å². The van der Waals surface area contributed by atoms with Crippen molar-refractivity contribution >= 4 is 16.7 Å². The molecule has 0 spiro atoms. The van der Waals surface area contributed by atoms with Gasteiger partial charge in [0.1, 0.15) is 5.82 Å². The minimum atomic E-state index is -0.155. The van der Waals surface area contributed by atoms with Crippen molar-refractivity contribution < 1.29 is 9.18 Å².